The van der Waals surface area contributed by atoms with Crippen LogP contribution in [0.2, 0.25) is 0 Å². The molecule has 0 atom stereocenters. The van der Waals surface area contributed by atoms with Gasteiger partial charge in [-0.15, -0.1) is 0 Å². The Morgan fingerprint density at radius 3 is 2.61 bits per heavy atom. The van der Waals surface area contributed by atoms with Crippen LogP contribution in [0, 0.1) is 11.3 Å². The third-order valence-electron chi connectivity index (χ3n) is 3.38. The number of nitrogens with zero attached hydrogens (tertiary/aromatic N) is 1. The number of benzene rings is 2. The van der Waals surface area contributed by atoms with Crippen molar-refractivity contribution in [3.05, 3.63) is 59.7 Å². The Kier molecular flexibility index (Phi) is 6.01. The number of amides is 1. The highest BCUT2D eigenvalue weighted by molar-refractivity contribution is 5.81. The lowest BCUT2D eigenvalue weighted by Gasteiger charge is -2.09. The summed E-state index contributed by atoms with van der Waals surface area (Å²) in [5.74, 6) is 0.712. The number of carbonyl (C=O) groups excluding carboxylic acids is 1. The van der Waals surface area contributed by atoms with E-state index in [1.54, 1.807) is 25.3 Å². The Balaban J connectivity index is 1.73. The van der Waals surface area contributed by atoms with E-state index in [0.717, 1.165) is 17.7 Å². The molecular weight excluding hydrogens is 290 g/mol. The van der Waals surface area contributed by atoms with Crippen molar-refractivity contribution in [2.24, 2.45) is 0 Å². The second-order valence-electron chi connectivity index (χ2n) is 4.96. The summed E-state index contributed by atoms with van der Waals surface area (Å²) in [5, 5.41) is 14.8. The third-order valence-corrected chi connectivity index (χ3v) is 3.38. The van der Waals surface area contributed by atoms with Crippen molar-refractivity contribution in [1.82, 2.24) is 5.32 Å². The predicted octanol–water partition coefficient (Wildman–Crippen LogP) is 2.34. The molecule has 23 heavy (non-hydrogen) atoms. The maximum Gasteiger partial charge on any atom is 0.239 e. The molecule has 118 valence electrons. The number of anilines is 1. The SMILES string of the molecule is COc1ccc(CCNC(=O)CNc2ccccc2C#N)cc1. The van der Waals surface area contributed by atoms with Crippen molar-refractivity contribution in [2.75, 3.05) is 25.5 Å². The van der Waals surface area contributed by atoms with Crippen LogP contribution in [0.3, 0.4) is 0 Å². The van der Waals surface area contributed by atoms with Crippen LogP contribution in [0.25, 0.3) is 0 Å². The second kappa shape index (κ2) is 8.44. The van der Waals surface area contributed by atoms with Crippen LogP contribution in [-0.4, -0.2) is 26.1 Å². The Morgan fingerprint density at radius 1 is 1.17 bits per heavy atom. The van der Waals surface area contributed by atoms with E-state index in [2.05, 4.69) is 16.7 Å². The highest BCUT2D eigenvalue weighted by atomic mass is 16.5. The Labute approximate surface area is 135 Å². The van der Waals surface area contributed by atoms with Crippen LogP contribution < -0.4 is 15.4 Å². The largest absolute Gasteiger partial charge is 0.497 e. The van der Waals surface area contributed by atoms with Gasteiger partial charge in [0.05, 0.1) is 24.9 Å². The Hall–Kier alpha value is -3.00. The smallest absolute Gasteiger partial charge is 0.239 e. The fourth-order valence-corrected chi connectivity index (χ4v) is 2.11. The zero-order valence-corrected chi connectivity index (χ0v) is 13.0. The van der Waals surface area contributed by atoms with E-state index in [1.165, 1.54) is 0 Å². The summed E-state index contributed by atoms with van der Waals surface area (Å²) in [6, 6.07) is 17.0. The molecule has 0 aliphatic heterocycles. The van der Waals surface area contributed by atoms with E-state index in [1.807, 2.05) is 30.3 Å². The van der Waals surface area contributed by atoms with Gasteiger partial charge < -0.3 is 15.4 Å². The van der Waals surface area contributed by atoms with Crippen molar-refractivity contribution in [2.45, 2.75) is 6.42 Å². The second-order valence-corrected chi connectivity index (χ2v) is 4.96. The normalized spacial score (nSPS) is 9.74. The maximum atomic E-state index is 11.8. The highest BCUT2D eigenvalue weighted by Gasteiger charge is 2.04. The number of carbonyl (C=O) groups is 1. The van der Waals surface area contributed by atoms with E-state index in [0.29, 0.717) is 17.8 Å². The number of nitriles is 1. The lowest BCUT2D eigenvalue weighted by molar-refractivity contribution is -0.119. The number of rotatable bonds is 7. The van der Waals surface area contributed by atoms with Crippen LogP contribution >= 0.6 is 0 Å². The lowest BCUT2D eigenvalue weighted by Crippen LogP contribution is -2.31. The van der Waals surface area contributed by atoms with Gasteiger partial charge >= 0.3 is 0 Å². The van der Waals surface area contributed by atoms with Gasteiger partial charge in [0, 0.05) is 6.54 Å². The molecule has 2 rings (SSSR count). The molecule has 2 aromatic rings. The van der Waals surface area contributed by atoms with Crippen LogP contribution in [0.4, 0.5) is 5.69 Å². The van der Waals surface area contributed by atoms with E-state index in [9.17, 15) is 4.79 Å². The molecule has 0 saturated heterocycles. The number of hydrogen-bond acceptors (Lipinski definition) is 4. The summed E-state index contributed by atoms with van der Waals surface area (Å²) in [4.78, 5) is 11.8. The van der Waals surface area contributed by atoms with Crippen molar-refractivity contribution >= 4 is 11.6 Å². The monoisotopic (exact) mass is 309 g/mol. The standard InChI is InChI=1S/C18H19N3O2/c1-23-16-8-6-14(7-9-16)10-11-20-18(22)13-21-17-5-3-2-4-15(17)12-19/h2-9,21H,10-11,13H2,1H3,(H,20,22). The van der Waals surface area contributed by atoms with Gasteiger partial charge in [-0.2, -0.15) is 5.26 Å². The van der Waals surface area contributed by atoms with Crippen LogP contribution in [-0.2, 0) is 11.2 Å². The van der Waals surface area contributed by atoms with Crippen LogP contribution in [0.1, 0.15) is 11.1 Å². The highest BCUT2D eigenvalue weighted by Crippen LogP contribution is 2.13. The van der Waals surface area contributed by atoms with Crippen molar-refractivity contribution in [3.63, 3.8) is 0 Å². The molecule has 0 radical (unpaired) electrons. The number of nitrogens with one attached hydrogen (secondary N) is 2. The van der Waals surface area contributed by atoms with Gasteiger partial charge in [0.15, 0.2) is 0 Å². The first-order valence-electron chi connectivity index (χ1n) is 7.35. The lowest BCUT2D eigenvalue weighted by atomic mass is 10.1. The van der Waals surface area contributed by atoms with E-state index >= 15 is 0 Å². The fourth-order valence-electron chi connectivity index (χ4n) is 2.11. The predicted molar refractivity (Wildman–Crippen MR) is 89.4 cm³/mol. The summed E-state index contributed by atoms with van der Waals surface area (Å²) in [6.45, 7) is 0.702. The van der Waals surface area contributed by atoms with Gasteiger partial charge in [-0.05, 0) is 36.2 Å². The minimum Gasteiger partial charge on any atom is -0.497 e. The zero-order valence-electron chi connectivity index (χ0n) is 13.0. The number of ether oxygens (including phenoxy) is 1. The van der Waals surface area contributed by atoms with E-state index < -0.39 is 0 Å². The third kappa shape index (κ3) is 5.04. The zero-order chi connectivity index (χ0) is 16.5. The molecule has 5 heteroatoms. The Bertz CT molecular complexity index is 690. The first-order chi connectivity index (χ1) is 11.2. The summed E-state index contributed by atoms with van der Waals surface area (Å²) in [5.41, 5.74) is 2.33. The van der Waals surface area contributed by atoms with Crippen molar-refractivity contribution in [3.8, 4) is 11.8 Å². The molecule has 0 unspecified atom stereocenters. The average Bonchev–Trinajstić information content (AvgIpc) is 2.60. The quantitative estimate of drug-likeness (QED) is 0.823. The molecule has 0 spiro atoms. The van der Waals surface area contributed by atoms with Gasteiger partial charge in [0.1, 0.15) is 11.8 Å². The van der Waals surface area contributed by atoms with Gasteiger partial charge in [0.2, 0.25) is 5.91 Å². The summed E-state index contributed by atoms with van der Waals surface area (Å²) < 4.78 is 5.10. The summed E-state index contributed by atoms with van der Waals surface area (Å²) in [7, 11) is 1.63. The molecular formula is C18H19N3O2. The van der Waals surface area contributed by atoms with Crippen LogP contribution in [0.5, 0.6) is 5.75 Å². The number of methoxy groups -OCH3 is 1. The van der Waals surface area contributed by atoms with Crippen LogP contribution in [0.15, 0.2) is 48.5 Å². The minimum atomic E-state index is -0.105. The molecule has 2 aromatic carbocycles. The van der Waals surface area contributed by atoms with Crippen molar-refractivity contribution < 1.29 is 9.53 Å². The molecule has 2 N–H and O–H groups in total. The fraction of sp³-hybridized carbons (Fsp3) is 0.222. The van der Waals surface area contributed by atoms with Gasteiger partial charge in [-0.3, -0.25) is 4.79 Å². The molecule has 0 aromatic heterocycles. The van der Waals surface area contributed by atoms with Gasteiger partial charge in [0.25, 0.3) is 0 Å². The molecule has 0 aliphatic carbocycles. The summed E-state index contributed by atoms with van der Waals surface area (Å²) in [6.07, 6.45) is 0.754. The molecule has 0 fully saturated rings. The molecule has 0 bridgehead atoms. The van der Waals surface area contributed by atoms with Crippen molar-refractivity contribution in [1.29, 1.82) is 5.26 Å². The molecule has 0 aliphatic rings. The van der Waals surface area contributed by atoms with E-state index in [-0.39, 0.29) is 12.5 Å². The molecule has 5 nitrogen and oxygen atoms in total. The van der Waals surface area contributed by atoms with Gasteiger partial charge in [-0.1, -0.05) is 24.3 Å². The number of para-hydroxylation sites is 1. The molecule has 1 amide bonds. The van der Waals surface area contributed by atoms with Gasteiger partial charge in [-0.25, -0.2) is 0 Å². The Morgan fingerprint density at radius 2 is 1.91 bits per heavy atom. The molecule has 0 saturated carbocycles. The maximum absolute atomic E-state index is 11.8. The number of hydrogen-bond donors (Lipinski definition) is 2. The first-order valence-corrected chi connectivity index (χ1v) is 7.35. The summed E-state index contributed by atoms with van der Waals surface area (Å²) >= 11 is 0. The average molecular weight is 309 g/mol. The van der Waals surface area contributed by atoms with E-state index in [4.69, 9.17) is 10.00 Å². The molecule has 0 heterocycles. The minimum absolute atomic E-state index is 0.105. The first kappa shape index (κ1) is 16.4. The topological polar surface area (TPSA) is 74.2 Å².